The lowest BCUT2D eigenvalue weighted by Gasteiger charge is -2.42. The first kappa shape index (κ1) is 82.3. The molecular weight excluding hydrogens is 1270 g/mol. The zero-order valence-electron chi connectivity index (χ0n) is 55.5. The Hall–Kier alpha value is -8.93. The largest absolute Gasteiger partial charge is 0.481 e. The van der Waals surface area contributed by atoms with Gasteiger partial charge in [0.15, 0.2) is 6.29 Å². The molecule has 0 radical (unpaired) electrons. The summed E-state index contributed by atoms with van der Waals surface area (Å²) in [5.74, 6) is -14.1. The lowest BCUT2D eigenvalue weighted by Crippen LogP contribution is -2.65. The van der Waals surface area contributed by atoms with Crippen LogP contribution in [0.2, 0.25) is 0 Å². The fraction of sp³-hybridized carbons (Fsp3) is 0.613. The summed E-state index contributed by atoms with van der Waals surface area (Å²) in [6, 6.07) is -2.30. The minimum atomic E-state index is -2.09. The van der Waals surface area contributed by atoms with Crippen molar-refractivity contribution >= 4 is 76.7 Å². The fourth-order valence-electron chi connectivity index (χ4n) is 9.75. The zero-order chi connectivity index (χ0) is 72.8. The molecule has 16 atom stereocenters. The number of nitrogens with one attached hydrogen (secondary N) is 10. The van der Waals surface area contributed by atoms with Gasteiger partial charge < -0.3 is 105 Å². The topological polar surface area (TPSA) is 566 Å². The van der Waals surface area contributed by atoms with E-state index >= 15 is 0 Å². The summed E-state index contributed by atoms with van der Waals surface area (Å²) in [5.41, 5.74) is 20.7. The number of aliphatic carboxylic acids is 2. The van der Waals surface area contributed by atoms with Crippen molar-refractivity contribution in [2.45, 2.75) is 198 Å². The number of aliphatic hydroxyl groups is 4. The predicted octanol–water partition coefficient (Wildman–Crippen LogP) is -3.03. The molecule has 1 saturated heterocycles. The van der Waals surface area contributed by atoms with Crippen molar-refractivity contribution in [2.24, 2.45) is 34.3 Å². The molecule has 1 fully saturated rings. The maximum absolute atomic E-state index is 14.9. The van der Waals surface area contributed by atoms with E-state index in [2.05, 4.69) is 63.2 Å². The molecule has 538 valence electrons. The van der Waals surface area contributed by atoms with Gasteiger partial charge in [-0.25, -0.2) is 4.79 Å². The first-order valence-corrected chi connectivity index (χ1v) is 31.8. The van der Waals surface area contributed by atoms with Gasteiger partial charge >= 0.3 is 11.9 Å². The number of carbonyl (C=O) groups excluding carboxylic acids is 10. The highest BCUT2D eigenvalue weighted by Crippen LogP contribution is 2.25. The quantitative estimate of drug-likeness (QED) is 0.0136. The van der Waals surface area contributed by atoms with Gasteiger partial charge in [-0.3, -0.25) is 52.7 Å². The second-order valence-electron chi connectivity index (χ2n) is 24.3. The Kier molecular flexibility index (Phi) is 35.0. The van der Waals surface area contributed by atoms with Gasteiger partial charge in [-0.1, -0.05) is 102 Å². The van der Waals surface area contributed by atoms with Gasteiger partial charge in [0.2, 0.25) is 53.2 Å². The van der Waals surface area contributed by atoms with Gasteiger partial charge in [0.25, 0.3) is 5.91 Å². The highest BCUT2D eigenvalue weighted by atomic mass is 16.7. The number of carboxylic acids is 2. The highest BCUT2D eigenvalue weighted by molar-refractivity contribution is 6.00. The fourth-order valence-corrected chi connectivity index (χ4v) is 9.75. The second-order valence-corrected chi connectivity index (χ2v) is 24.3. The maximum atomic E-state index is 14.9. The minimum Gasteiger partial charge on any atom is -0.481 e. The molecule has 1 heterocycles. The number of benzene rings is 2. The standard InChI is InChI=1S/C62H95N15O20/c1-9-32(6)47(73-58(91)46(64)31(4)5)59(92)74-48(34(8)79)60(93)67-33(7)52(85)71-41(26-35-17-11-10-12-18-35)56(89)72-42(29-96-62-49(51(84)50(83)43(28-78)97-62)75-53(86)36-19-13-14-20-37(36)76-77-65)57(90)69-38(22-23-45(81)82)54(87)66-27-44(80)68-40(25-30(2)3)55(88)70-39(61(94)95)21-15-16-24-63/h10-14,17-20,30-34,38-43,46-51,62,78-79,83-84H,9,15-16,21-29,63-64H2,1-8H3,(H,66,87)(H,67,93)(H,68,80)(H,69,90)(H,70,88)(H,71,85)(H,72,89)(H,73,91)(H,74,92)(H,75,86)(H,81,82)(H,94,95)/t32-,33-,34+,38-,39-,40-,41-,42-,43+,46-,47-,48-,49+,50+,51+,62+/m0/s1. The van der Waals surface area contributed by atoms with Crippen LogP contribution in [0.1, 0.15) is 116 Å². The molecule has 20 N–H and O–H groups in total. The van der Waals surface area contributed by atoms with Gasteiger partial charge in [0.05, 0.1) is 37.6 Å². The Labute approximate surface area is 560 Å². The number of amides is 10. The molecule has 0 aromatic heterocycles. The molecule has 0 unspecified atom stereocenters. The van der Waals surface area contributed by atoms with E-state index in [-0.39, 0.29) is 48.9 Å². The molecule has 0 aliphatic carbocycles. The van der Waals surface area contributed by atoms with E-state index in [4.69, 9.17) is 20.9 Å². The van der Waals surface area contributed by atoms with Crippen molar-refractivity contribution in [2.75, 3.05) is 26.3 Å². The molecule has 3 rings (SSSR count). The Morgan fingerprint density at radius 3 is 1.85 bits per heavy atom. The maximum Gasteiger partial charge on any atom is 0.326 e. The molecule has 2 aromatic carbocycles. The number of carboxylic acid groups (broad SMARTS) is 2. The Balaban J connectivity index is 2.09. The van der Waals surface area contributed by atoms with E-state index in [1.807, 2.05) is 0 Å². The van der Waals surface area contributed by atoms with E-state index in [9.17, 15) is 93.7 Å². The highest BCUT2D eigenvalue weighted by Gasteiger charge is 2.47. The number of hydrogen-bond donors (Lipinski definition) is 18. The smallest absolute Gasteiger partial charge is 0.326 e. The number of hydrogen-bond acceptors (Lipinski definition) is 21. The van der Waals surface area contributed by atoms with Gasteiger partial charge in [-0.15, -0.1) is 0 Å². The van der Waals surface area contributed by atoms with Crippen LogP contribution >= 0.6 is 0 Å². The van der Waals surface area contributed by atoms with Crippen LogP contribution in [0.15, 0.2) is 59.7 Å². The summed E-state index contributed by atoms with van der Waals surface area (Å²) in [5, 5.41) is 90.7. The average Bonchev–Trinajstić information content (AvgIpc) is 0.803. The van der Waals surface area contributed by atoms with Crippen LogP contribution in [0.4, 0.5) is 5.69 Å². The van der Waals surface area contributed by atoms with Gasteiger partial charge in [0.1, 0.15) is 72.7 Å². The number of nitrogens with two attached hydrogens (primary N) is 2. The molecule has 2 aromatic rings. The summed E-state index contributed by atoms with van der Waals surface area (Å²) in [6.07, 6.45) is -9.73. The monoisotopic (exact) mass is 1370 g/mol. The third kappa shape index (κ3) is 26.9. The Morgan fingerprint density at radius 2 is 1.26 bits per heavy atom. The van der Waals surface area contributed by atoms with Crippen molar-refractivity contribution in [1.82, 2.24) is 53.2 Å². The van der Waals surface area contributed by atoms with Crippen LogP contribution in [0.3, 0.4) is 0 Å². The van der Waals surface area contributed by atoms with E-state index in [1.165, 1.54) is 38.1 Å². The van der Waals surface area contributed by atoms with Gasteiger partial charge in [0, 0.05) is 23.3 Å². The van der Waals surface area contributed by atoms with Crippen LogP contribution < -0.4 is 64.6 Å². The van der Waals surface area contributed by atoms with Crippen molar-refractivity contribution in [1.29, 1.82) is 0 Å². The van der Waals surface area contributed by atoms with Crippen LogP contribution in [0.5, 0.6) is 0 Å². The molecular formula is C62H95N15O20. The Bertz CT molecular complexity index is 3050. The van der Waals surface area contributed by atoms with Crippen LogP contribution in [-0.2, 0) is 68.6 Å². The van der Waals surface area contributed by atoms with Crippen molar-refractivity contribution < 1.29 is 97.6 Å². The lowest BCUT2D eigenvalue weighted by atomic mass is 9.96. The SMILES string of the molecule is CC[C@H](C)[C@H](NC(=O)[C@@H](N)C(C)C)C(=O)N[C@H](C(=O)N[C@@H](C)C(=O)N[C@@H](Cc1ccccc1)C(=O)N[C@@H](CO[C@@H]1O[C@H](CO)[C@@H](O)[C@H](O)[C@H]1NC(=O)c1ccccc1N=[N+]=[N-])C(=O)N[C@@H](CCC(=O)O)C(=O)NCC(=O)N[C@@H](CC(C)C)C(=O)N[C@@H](CCCCN)C(=O)O)[C@@H](C)O. The van der Waals surface area contributed by atoms with Crippen molar-refractivity contribution in [3.8, 4) is 0 Å². The number of unbranched alkanes of at least 4 members (excludes halogenated alkanes) is 1. The molecule has 1 aliphatic rings. The van der Waals surface area contributed by atoms with E-state index in [0.29, 0.717) is 24.8 Å². The molecule has 0 spiro atoms. The molecule has 10 amide bonds. The number of aliphatic hydroxyl groups excluding tert-OH is 4. The van der Waals surface area contributed by atoms with Crippen molar-refractivity contribution in [3.63, 3.8) is 0 Å². The van der Waals surface area contributed by atoms with Crippen molar-refractivity contribution in [3.05, 3.63) is 76.2 Å². The van der Waals surface area contributed by atoms with E-state index < -0.39 is 201 Å². The summed E-state index contributed by atoms with van der Waals surface area (Å²) < 4.78 is 11.8. The van der Waals surface area contributed by atoms with Gasteiger partial charge in [-0.2, -0.15) is 0 Å². The summed E-state index contributed by atoms with van der Waals surface area (Å²) in [7, 11) is 0. The molecule has 1 aliphatic heterocycles. The molecule has 0 saturated carbocycles. The normalized spacial score (nSPS) is 19.3. The summed E-state index contributed by atoms with van der Waals surface area (Å²) >= 11 is 0. The first-order chi connectivity index (χ1) is 45.8. The number of rotatable bonds is 41. The van der Waals surface area contributed by atoms with E-state index in [1.54, 1.807) is 71.9 Å². The second kappa shape index (κ2) is 41.2. The number of nitrogens with zero attached hydrogens (tertiary/aromatic N) is 3. The molecule has 97 heavy (non-hydrogen) atoms. The van der Waals surface area contributed by atoms with Crippen LogP contribution in [0, 0.1) is 17.8 Å². The van der Waals surface area contributed by atoms with E-state index in [0.717, 1.165) is 0 Å². The zero-order valence-corrected chi connectivity index (χ0v) is 55.5. The Morgan fingerprint density at radius 1 is 0.670 bits per heavy atom. The van der Waals surface area contributed by atoms with Crippen LogP contribution in [0.25, 0.3) is 10.4 Å². The number of azide groups is 1. The lowest BCUT2D eigenvalue weighted by molar-refractivity contribution is -0.270. The summed E-state index contributed by atoms with van der Waals surface area (Å²) in [4.78, 5) is 166. The molecule has 35 nitrogen and oxygen atoms in total. The third-order valence-corrected chi connectivity index (χ3v) is 15.7. The molecule has 0 bridgehead atoms. The third-order valence-electron chi connectivity index (χ3n) is 15.7. The molecule has 35 heteroatoms. The number of carbonyl (C=O) groups is 12. The average molecular weight is 1370 g/mol. The number of ether oxygens (including phenoxy) is 2. The van der Waals surface area contributed by atoms with Gasteiger partial charge in [-0.05, 0) is 87.4 Å². The minimum absolute atomic E-state index is 0.00699. The van der Waals surface area contributed by atoms with Crippen LogP contribution in [-0.4, -0.2) is 219 Å². The first-order valence-electron chi connectivity index (χ1n) is 31.8. The predicted molar refractivity (Wildman–Crippen MR) is 345 cm³/mol. The summed E-state index contributed by atoms with van der Waals surface area (Å²) in [6.45, 7) is 9.96.